The summed E-state index contributed by atoms with van der Waals surface area (Å²) in [6.07, 6.45) is 3.38. The average Bonchev–Trinajstić information content (AvgIpc) is 3.38. The van der Waals surface area contributed by atoms with Crippen molar-refractivity contribution >= 4 is 28.1 Å². The Hall–Kier alpha value is -1.74. The summed E-state index contributed by atoms with van der Waals surface area (Å²) in [5, 5.41) is 4.56. The number of aromatic nitrogens is 3. The highest BCUT2D eigenvalue weighted by molar-refractivity contribution is 8.00. The number of rotatable bonds is 5. The third-order valence-electron chi connectivity index (χ3n) is 5.59. The van der Waals surface area contributed by atoms with E-state index in [1.54, 1.807) is 11.8 Å². The van der Waals surface area contributed by atoms with Gasteiger partial charge in [0.25, 0.3) is 5.56 Å². The van der Waals surface area contributed by atoms with Crippen molar-refractivity contribution in [3.63, 3.8) is 0 Å². The summed E-state index contributed by atoms with van der Waals surface area (Å²) >= 11 is 3.16. The molecule has 0 saturated carbocycles. The Bertz CT molecular complexity index is 1070. The molecule has 1 unspecified atom stereocenters. The summed E-state index contributed by atoms with van der Waals surface area (Å²) in [5.41, 5.74) is 4.24. The van der Waals surface area contributed by atoms with Crippen LogP contribution in [0.25, 0.3) is 4.96 Å². The lowest BCUT2D eigenvalue weighted by atomic mass is 10.1. The van der Waals surface area contributed by atoms with Crippen LogP contribution in [0.2, 0.25) is 0 Å². The minimum atomic E-state index is -0.0134. The van der Waals surface area contributed by atoms with Crippen LogP contribution in [0, 0.1) is 6.92 Å². The number of thioether (sulfide) groups is 1. The quantitative estimate of drug-likeness (QED) is 0.581. The van der Waals surface area contributed by atoms with Crippen LogP contribution in [0.15, 0.2) is 33.4 Å². The zero-order valence-electron chi connectivity index (χ0n) is 16.5. The van der Waals surface area contributed by atoms with Crippen molar-refractivity contribution in [3.05, 3.63) is 57.0 Å². The van der Waals surface area contributed by atoms with Crippen LogP contribution >= 0.6 is 23.1 Å². The highest BCUT2D eigenvalue weighted by Crippen LogP contribution is 2.28. The topological polar surface area (TPSA) is 59.7 Å². The summed E-state index contributed by atoms with van der Waals surface area (Å²) in [7, 11) is 0. The zero-order valence-corrected chi connectivity index (χ0v) is 18.1. The van der Waals surface area contributed by atoms with Crippen molar-refractivity contribution in [3.8, 4) is 0 Å². The lowest BCUT2D eigenvalue weighted by molar-refractivity contribution is 0.0683. The molecule has 2 aromatic heterocycles. The first kappa shape index (κ1) is 19.2. The Morgan fingerprint density at radius 3 is 2.97 bits per heavy atom. The maximum absolute atomic E-state index is 13.1. The van der Waals surface area contributed by atoms with Crippen LogP contribution in [-0.4, -0.2) is 45.3 Å². The van der Waals surface area contributed by atoms with Gasteiger partial charge in [0.1, 0.15) is 0 Å². The second-order valence-corrected chi connectivity index (χ2v) is 9.98. The first-order chi connectivity index (χ1) is 14.2. The van der Waals surface area contributed by atoms with Crippen molar-refractivity contribution in [2.24, 2.45) is 0 Å². The maximum Gasteiger partial charge on any atom is 0.279 e. The standard InChI is InChI=1S/C21H24N4O2S2/c1-14-4-6-15(7-5-14)13-28-21-23-25-19(26)17-12-24(11-16-3-2-10-27-16)9-8-18(17)22-20(25)29-21/h4-7,16H,2-3,8-13H2,1H3. The fraction of sp³-hybridized carbons (Fsp3) is 0.476. The summed E-state index contributed by atoms with van der Waals surface area (Å²) in [6, 6.07) is 8.52. The van der Waals surface area contributed by atoms with E-state index in [1.165, 1.54) is 27.0 Å². The number of fused-ring (bicyclic) bond motifs is 2. The fourth-order valence-electron chi connectivity index (χ4n) is 3.96. The van der Waals surface area contributed by atoms with Gasteiger partial charge in [0.15, 0.2) is 4.34 Å². The predicted molar refractivity (Wildman–Crippen MR) is 116 cm³/mol. The summed E-state index contributed by atoms with van der Waals surface area (Å²) in [4.78, 5) is 20.9. The molecule has 0 spiro atoms. The molecule has 1 aromatic carbocycles. The van der Waals surface area contributed by atoms with E-state index in [0.717, 1.165) is 60.3 Å². The summed E-state index contributed by atoms with van der Waals surface area (Å²) in [5.74, 6) is 0.837. The molecule has 0 radical (unpaired) electrons. The fourth-order valence-corrected chi connectivity index (χ4v) is 5.86. The van der Waals surface area contributed by atoms with E-state index in [4.69, 9.17) is 9.72 Å². The Balaban J connectivity index is 1.34. The first-order valence-electron chi connectivity index (χ1n) is 10.1. The van der Waals surface area contributed by atoms with Crippen LogP contribution in [0.3, 0.4) is 0 Å². The number of nitrogens with zero attached hydrogens (tertiary/aromatic N) is 4. The molecule has 5 rings (SSSR count). The van der Waals surface area contributed by atoms with E-state index in [0.29, 0.717) is 17.6 Å². The van der Waals surface area contributed by atoms with Crippen LogP contribution in [0.5, 0.6) is 0 Å². The molecule has 0 N–H and O–H groups in total. The van der Waals surface area contributed by atoms with Gasteiger partial charge in [0.05, 0.1) is 17.4 Å². The minimum Gasteiger partial charge on any atom is -0.377 e. The highest BCUT2D eigenvalue weighted by atomic mass is 32.2. The SMILES string of the molecule is Cc1ccc(CSc2nn3c(=O)c4c(nc3s2)CCN(CC2CCCO2)C4)cc1. The molecule has 1 saturated heterocycles. The third kappa shape index (κ3) is 4.12. The molecule has 4 heterocycles. The maximum atomic E-state index is 13.1. The van der Waals surface area contributed by atoms with Gasteiger partial charge in [-0.25, -0.2) is 4.98 Å². The van der Waals surface area contributed by atoms with Crippen molar-refractivity contribution in [1.82, 2.24) is 19.5 Å². The van der Waals surface area contributed by atoms with E-state index in [9.17, 15) is 4.79 Å². The molecule has 1 fully saturated rings. The van der Waals surface area contributed by atoms with Crippen LogP contribution in [-0.2, 0) is 23.5 Å². The monoisotopic (exact) mass is 428 g/mol. The molecule has 1 atom stereocenters. The molecule has 8 heteroatoms. The Kier molecular flexibility index (Phi) is 5.43. The van der Waals surface area contributed by atoms with E-state index < -0.39 is 0 Å². The lowest BCUT2D eigenvalue weighted by Gasteiger charge is -2.29. The number of hydrogen-bond donors (Lipinski definition) is 0. The van der Waals surface area contributed by atoms with Gasteiger partial charge in [0, 0.05) is 38.4 Å². The molecule has 29 heavy (non-hydrogen) atoms. The van der Waals surface area contributed by atoms with Crippen LogP contribution in [0.4, 0.5) is 0 Å². The van der Waals surface area contributed by atoms with E-state index >= 15 is 0 Å². The summed E-state index contributed by atoms with van der Waals surface area (Å²) in [6.45, 7) is 5.43. The third-order valence-corrected chi connectivity index (χ3v) is 7.70. The molecular weight excluding hydrogens is 404 g/mol. The summed E-state index contributed by atoms with van der Waals surface area (Å²) < 4.78 is 8.14. The first-order valence-corrected chi connectivity index (χ1v) is 11.9. The van der Waals surface area contributed by atoms with Gasteiger partial charge in [-0.2, -0.15) is 4.52 Å². The molecule has 3 aromatic rings. The number of ether oxygens (including phenoxy) is 1. The molecule has 2 aliphatic heterocycles. The predicted octanol–water partition coefficient (Wildman–Crippen LogP) is 3.29. The highest BCUT2D eigenvalue weighted by Gasteiger charge is 2.26. The molecular formula is C21H24N4O2S2. The average molecular weight is 429 g/mol. The van der Waals surface area contributed by atoms with E-state index in [-0.39, 0.29) is 5.56 Å². The van der Waals surface area contributed by atoms with Crippen molar-refractivity contribution in [2.45, 2.75) is 48.9 Å². The molecule has 0 bridgehead atoms. The van der Waals surface area contributed by atoms with Gasteiger partial charge >= 0.3 is 0 Å². The van der Waals surface area contributed by atoms with Crippen molar-refractivity contribution in [1.29, 1.82) is 0 Å². The number of hydrogen-bond acceptors (Lipinski definition) is 7. The molecule has 2 aliphatic rings. The van der Waals surface area contributed by atoms with Gasteiger partial charge in [-0.1, -0.05) is 52.9 Å². The molecule has 0 aliphatic carbocycles. The van der Waals surface area contributed by atoms with E-state index in [1.807, 2.05) is 0 Å². The van der Waals surface area contributed by atoms with Gasteiger partial charge in [0.2, 0.25) is 4.96 Å². The van der Waals surface area contributed by atoms with Crippen LogP contribution < -0.4 is 5.56 Å². The molecule has 152 valence electrons. The van der Waals surface area contributed by atoms with Gasteiger partial charge < -0.3 is 4.74 Å². The Morgan fingerprint density at radius 2 is 2.17 bits per heavy atom. The Morgan fingerprint density at radius 1 is 1.31 bits per heavy atom. The smallest absolute Gasteiger partial charge is 0.279 e. The zero-order chi connectivity index (χ0) is 19.8. The second kappa shape index (κ2) is 8.18. The van der Waals surface area contributed by atoms with Crippen molar-refractivity contribution in [2.75, 3.05) is 19.7 Å². The minimum absolute atomic E-state index is 0.0134. The second-order valence-electron chi connectivity index (χ2n) is 7.80. The van der Waals surface area contributed by atoms with Gasteiger partial charge in [-0.3, -0.25) is 9.69 Å². The van der Waals surface area contributed by atoms with E-state index in [2.05, 4.69) is 41.2 Å². The normalized spacial score (nSPS) is 19.7. The van der Waals surface area contributed by atoms with Crippen molar-refractivity contribution < 1.29 is 4.74 Å². The van der Waals surface area contributed by atoms with Gasteiger partial charge in [-0.05, 0) is 25.3 Å². The number of benzene rings is 1. The van der Waals surface area contributed by atoms with Crippen LogP contribution in [0.1, 0.15) is 35.2 Å². The number of aryl methyl sites for hydroxylation is 1. The largest absolute Gasteiger partial charge is 0.377 e. The molecule has 6 nitrogen and oxygen atoms in total. The lowest BCUT2D eigenvalue weighted by Crippen LogP contribution is -2.40. The Labute approximate surface area is 177 Å². The van der Waals surface area contributed by atoms with Gasteiger partial charge in [-0.15, -0.1) is 5.10 Å². The molecule has 0 amide bonds.